The van der Waals surface area contributed by atoms with Crippen LogP contribution >= 0.6 is 0 Å². The van der Waals surface area contributed by atoms with Gasteiger partial charge in [-0.2, -0.15) is 0 Å². The maximum absolute atomic E-state index is 2.53. The first-order chi connectivity index (χ1) is 10.3. The fourth-order valence-electron chi connectivity index (χ4n) is 3.82. The van der Waals surface area contributed by atoms with Gasteiger partial charge in [-0.15, -0.1) is 0 Å². The average molecular weight is 272 g/mol. The molecule has 21 heavy (non-hydrogen) atoms. The number of allylic oxidation sites excluding steroid dienone is 4. The normalized spacial score (nSPS) is 23.7. The molecule has 0 fully saturated rings. The summed E-state index contributed by atoms with van der Waals surface area (Å²) in [6, 6.07) is 19.7. The van der Waals surface area contributed by atoms with Crippen molar-refractivity contribution < 1.29 is 0 Å². The van der Waals surface area contributed by atoms with E-state index in [2.05, 4.69) is 73.7 Å². The summed E-state index contributed by atoms with van der Waals surface area (Å²) < 4.78 is 0. The zero-order valence-electron chi connectivity index (χ0n) is 12.4. The van der Waals surface area contributed by atoms with Crippen LogP contribution in [0.5, 0.6) is 0 Å². The Bertz CT molecular complexity index is 719. The predicted octanol–water partition coefficient (Wildman–Crippen LogP) is 5.50. The summed E-state index contributed by atoms with van der Waals surface area (Å²) in [5, 5.41) is 0. The van der Waals surface area contributed by atoms with Crippen LogP contribution in [0.15, 0.2) is 66.7 Å². The minimum atomic E-state index is 0.589. The molecule has 2 atom stereocenters. The second kappa shape index (κ2) is 5.04. The summed E-state index contributed by atoms with van der Waals surface area (Å²) in [6.45, 7) is 2.22. The van der Waals surface area contributed by atoms with Gasteiger partial charge in [0.2, 0.25) is 0 Å². The van der Waals surface area contributed by atoms with E-state index in [-0.39, 0.29) is 0 Å². The molecule has 0 saturated heterocycles. The van der Waals surface area contributed by atoms with Gasteiger partial charge < -0.3 is 0 Å². The van der Waals surface area contributed by atoms with Crippen molar-refractivity contribution in [3.05, 3.63) is 83.4 Å². The molecule has 0 radical (unpaired) electrons. The predicted molar refractivity (Wildman–Crippen MR) is 89.8 cm³/mol. The first kappa shape index (κ1) is 12.6. The Balaban J connectivity index is 1.74. The number of fused-ring (bicyclic) bond motifs is 1. The minimum Gasteiger partial charge on any atom is -0.0726 e. The molecule has 0 unspecified atom stereocenters. The molecule has 0 spiro atoms. The first-order valence-corrected chi connectivity index (χ1v) is 7.88. The van der Waals surface area contributed by atoms with Crippen LogP contribution in [-0.2, 0) is 0 Å². The lowest BCUT2D eigenvalue weighted by Crippen LogP contribution is -2.20. The number of hydrogen-bond donors (Lipinski definition) is 0. The van der Waals surface area contributed by atoms with Crippen LogP contribution in [-0.4, -0.2) is 0 Å². The van der Waals surface area contributed by atoms with Crippen LogP contribution in [0.25, 0.3) is 11.1 Å². The lowest BCUT2D eigenvalue weighted by molar-refractivity contribution is 0.556. The molecule has 0 heteroatoms. The zero-order chi connectivity index (χ0) is 14.2. The van der Waals surface area contributed by atoms with Gasteiger partial charge in [0.05, 0.1) is 0 Å². The first-order valence-electron chi connectivity index (χ1n) is 7.88. The summed E-state index contributed by atoms with van der Waals surface area (Å²) in [5.41, 5.74) is 7.31. The van der Waals surface area contributed by atoms with Gasteiger partial charge >= 0.3 is 0 Å². The van der Waals surface area contributed by atoms with Crippen LogP contribution in [0.2, 0.25) is 0 Å². The van der Waals surface area contributed by atoms with Crippen LogP contribution < -0.4 is 0 Å². The lowest BCUT2D eigenvalue weighted by Gasteiger charge is -2.36. The minimum absolute atomic E-state index is 0.589. The molecule has 2 aromatic rings. The van der Waals surface area contributed by atoms with Crippen LogP contribution in [0.3, 0.4) is 0 Å². The van der Waals surface area contributed by atoms with Crippen molar-refractivity contribution in [3.63, 3.8) is 0 Å². The molecule has 3 aliphatic carbocycles. The molecule has 5 rings (SSSR count). The molecule has 2 aromatic carbocycles. The van der Waals surface area contributed by atoms with Crippen molar-refractivity contribution in [2.24, 2.45) is 11.8 Å². The summed E-state index contributed by atoms with van der Waals surface area (Å²) in [5.74, 6) is 1.18. The van der Waals surface area contributed by atoms with Crippen LogP contribution in [0, 0.1) is 18.8 Å². The smallest absolute Gasteiger partial charge is 0.00276 e. The molecule has 0 nitrogen and oxygen atoms in total. The van der Waals surface area contributed by atoms with E-state index in [0.717, 1.165) is 0 Å². The van der Waals surface area contributed by atoms with Gasteiger partial charge in [-0.1, -0.05) is 66.7 Å². The second-order valence-electron chi connectivity index (χ2n) is 6.22. The van der Waals surface area contributed by atoms with Gasteiger partial charge in [0, 0.05) is 11.8 Å². The van der Waals surface area contributed by atoms with E-state index in [1.807, 2.05) is 0 Å². The number of hydrogen-bond acceptors (Lipinski definition) is 0. The van der Waals surface area contributed by atoms with Gasteiger partial charge in [0.25, 0.3) is 0 Å². The maximum Gasteiger partial charge on any atom is 0.00276 e. The van der Waals surface area contributed by atoms with E-state index in [9.17, 15) is 0 Å². The monoisotopic (exact) mass is 272 g/mol. The highest BCUT2D eigenvalue weighted by Gasteiger charge is 2.31. The van der Waals surface area contributed by atoms with Crippen LogP contribution in [0.4, 0.5) is 0 Å². The number of benzene rings is 2. The summed E-state index contributed by atoms with van der Waals surface area (Å²) >= 11 is 0. The molecule has 0 N–H and O–H groups in total. The molecule has 104 valence electrons. The van der Waals surface area contributed by atoms with E-state index < -0.39 is 0 Å². The third kappa shape index (κ3) is 2.15. The van der Waals surface area contributed by atoms with Crippen molar-refractivity contribution in [1.82, 2.24) is 0 Å². The van der Waals surface area contributed by atoms with Crippen molar-refractivity contribution in [2.75, 3.05) is 0 Å². The number of rotatable bonds is 2. The van der Waals surface area contributed by atoms with E-state index in [1.165, 1.54) is 35.1 Å². The molecular formula is C21H20. The van der Waals surface area contributed by atoms with Crippen molar-refractivity contribution in [1.29, 1.82) is 0 Å². The molecule has 3 aliphatic rings. The van der Waals surface area contributed by atoms with Gasteiger partial charge in [0.1, 0.15) is 0 Å². The largest absolute Gasteiger partial charge is 0.0726 e. The van der Waals surface area contributed by atoms with Gasteiger partial charge in [0.15, 0.2) is 0 Å². The van der Waals surface area contributed by atoms with Gasteiger partial charge in [-0.05, 0) is 47.6 Å². The SMILES string of the molecule is Cc1ccccc1C1=C[C@H]2CC[C@@H]1C=C2c1ccccc1. The fourth-order valence-corrected chi connectivity index (χ4v) is 3.82. The lowest BCUT2D eigenvalue weighted by atomic mass is 9.68. The summed E-state index contributed by atoms with van der Waals surface area (Å²) in [7, 11) is 0. The van der Waals surface area contributed by atoms with E-state index >= 15 is 0 Å². The molecule has 0 amide bonds. The topological polar surface area (TPSA) is 0 Å². The van der Waals surface area contributed by atoms with E-state index in [4.69, 9.17) is 0 Å². The standard InChI is InChI=1S/C21H20/c1-15-7-5-6-10-19(15)21-14-17-11-12-18(21)13-20(17)16-8-3-2-4-9-16/h2-10,13-14,17-18H,11-12H2,1H3/t17-,18-/m1/s1. The highest BCUT2D eigenvalue weighted by atomic mass is 14.3. The highest BCUT2D eigenvalue weighted by Crippen LogP contribution is 2.47. The summed E-state index contributed by atoms with van der Waals surface area (Å²) in [4.78, 5) is 0. The zero-order valence-corrected chi connectivity index (χ0v) is 12.4. The Hall–Kier alpha value is -2.08. The average Bonchev–Trinajstić information content (AvgIpc) is 2.56. The van der Waals surface area contributed by atoms with Crippen LogP contribution in [0.1, 0.15) is 29.5 Å². The fraction of sp³-hybridized carbons (Fsp3) is 0.238. The Morgan fingerprint density at radius 1 is 0.714 bits per heavy atom. The molecule has 0 aliphatic heterocycles. The van der Waals surface area contributed by atoms with Crippen molar-refractivity contribution >= 4 is 11.1 Å². The molecular weight excluding hydrogens is 252 g/mol. The van der Waals surface area contributed by atoms with Crippen molar-refractivity contribution in [3.8, 4) is 0 Å². The third-order valence-electron chi connectivity index (χ3n) is 4.91. The van der Waals surface area contributed by atoms with E-state index in [1.54, 1.807) is 5.57 Å². The van der Waals surface area contributed by atoms with Gasteiger partial charge in [-0.25, -0.2) is 0 Å². The molecule has 0 aromatic heterocycles. The Morgan fingerprint density at radius 3 is 2.00 bits per heavy atom. The highest BCUT2D eigenvalue weighted by molar-refractivity contribution is 5.82. The Kier molecular flexibility index (Phi) is 3.03. The Labute approximate surface area is 126 Å². The maximum atomic E-state index is 2.53. The third-order valence-corrected chi connectivity index (χ3v) is 4.91. The van der Waals surface area contributed by atoms with Crippen molar-refractivity contribution in [2.45, 2.75) is 19.8 Å². The van der Waals surface area contributed by atoms with Gasteiger partial charge in [-0.3, -0.25) is 0 Å². The Morgan fingerprint density at radius 2 is 1.33 bits per heavy atom. The molecule has 0 heterocycles. The summed E-state index contributed by atoms with van der Waals surface area (Å²) in [6.07, 6.45) is 7.63. The van der Waals surface area contributed by atoms with E-state index in [0.29, 0.717) is 11.8 Å². The quantitative estimate of drug-likeness (QED) is 0.677. The molecule has 2 bridgehead atoms. The number of aryl methyl sites for hydroxylation is 1. The second-order valence-corrected chi connectivity index (χ2v) is 6.22. The molecule has 0 saturated carbocycles.